The van der Waals surface area contributed by atoms with Crippen molar-refractivity contribution in [2.45, 2.75) is 38.9 Å². The molecule has 0 unspecified atom stereocenters. The summed E-state index contributed by atoms with van der Waals surface area (Å²) in [5, 5.41) is 5.79. The van der Waals surface area contributed by atoms with E-state index < -0.39 is 8.07 Å². The van der Waals surface area contributed by atoms with Gasteiger partial charge in [-0.15, -0.1) is 0 Å². The molecule has 0 fully saturated rings. The van der Waals surface area contributed by atoms with Gasteiger partial charge in [0, 0.05) is 18.6 Å². The lowest BCUT2D eigenvalue weighted by molar-refractivity contribution is 0.783. The summed E-state index contributed by atoms with van der Waals surface area (Å²) >= 11 is 0. The van der Waals surface area contributed by atoms with Gasteiger partial charge in [-0.05, 0) is 6.07 Å². The second kappa shape index (κ2) is 4.09. The monoisotopic (exact) mass is 196 g/mol. The first-order chi connectivity index (χ1) is 6.20. The largest absolute Gasteiger partial charge is 0.277 e. The van der Waals surface area contributed by atoms with E-state index >= 15 is 0 Å². The molecular weight excluding hydrogens is 176 g/mol. The van der Waals surface area contributed by atoms with E-state index in [9.17, 15) is 0 Å². The van der Waals surface area contributed by atoms with Crippen molar-refractivity contribution in [2.75, 3.05) is 0 Å². The average molecular weight is 196 g/mol. The molecule has 13 heavy (non-hydrogen) atoms. The summed E-state index contributed by atoms with van der Waals surface area (Å²) in [4.78, 5) is 0. The summed E-state index contributed by atoms with van der Waals surface area (Å²) in [6.07, 6.45) is 1.93. The molecule has 1 aromatic rings. The van der Waals surface area contributed by atoms with Crippen LogP contribution in [0.1, 0.15) is 20.8 Å². The summed E-state index contributed by atoms with van der Waals surface area (Å²) in [5.41, 5.74) is 0. The van der Waals surface area contributed by atoms with Crippen molar-refractivity contribution in [3.05, 3.63) is 12.3 Å². The van der Waals surface area contributed by atoms with E-state index in [-0.39, 0.29) is 0 Å². The van der Waals surface area contributed by atoms with Gasteiger partial charge in [0.05, 0.1) is 0 Å². The van der Waals surface area contributed by atoms with Gasteiger partial charge in [-0.25, -0.2) is 0 Å². The van der Waals surface area contributed by atoms with Crippen LogP contribution in [-0.4, -0.2) is 17.9 Å². The Labute approximate surface area is 82.0 Å². The molecule has 0 radical (unpaired) electrons. The molecule has 0 N–H and O–H groups in total. The number of rotatable bonds is 4. The molecule has 2 nitrogen and oxygen atoms in total. The van der Waals surface area contributed by atoms with E-state index in [0.29, 0.717) is 0 Å². The van der Waals surface area contributed by atoms with Crippen molar-refractivity contribution < 1.29 is 0 Å². The first kappa shape index (κ1) is 10.5. The van der Waals surface area contributed by atoms with Crippen molar-refractivity contribution in [1.82, 2.24) is 9.78 Å². The summed E-state index contributed by atoms with van der Waals surface area (Å²) in [7, 11) is 0.882. The van der Waals surface area contributed by atoms with Crippen LogP contribution < -0.4 is 5.32 Å². The zero-order chi connectivity index (χ0) is 9.90. The van der Waals surface area contributed by atoms with E-state index in [0.717, 1.165) is 0 Å². The normalized spacial score (nSPS) is 12.0. The molecule has 1 heterocycles. The van der Waals surface area contributed by atoms with Crippen molar-refractivity contribution in [2.24, 2.45) is 7.05 Å². The molecule has 0 saturated carbocycles. The van der Waals surface area contributed by atoms with Crippen molar-refractivity contribution in [3.8, 4) is 0 Å². The van der Waals surface area contributed by atoms with Crippen LogP contribution in [0.5, 0.6) is 0 Å². The van der Waals surface area contributed by atoms with E-state index in [2.05, 4.69) is 43.7 Å². The van der Waals surface area contributed by atoms with Crippen LogP contribution >= 0.6 is 0 Å². The fourth-order valence-corrected chi connectivity index (χ4v) is 5.95. The predicted octanol–water partition coefficient (Wildman–Crippen LogP) is 2.14. The fraction of sp³-hybridized carbons (Fsp3) is 0.700. The molecule has 1 aromatic heterocycles. The lowest BCUT2D eigenvalue weighted by atomic mass is 10.7. The van der Waals surface area contributed by atoms with Crippen molar-refractivity contribution in [1.29, 1.82) is 0 Å². The molecule has 0 aliphatic carbocycles. The SMILES string of the molecule is CC[Si](CC)(CC)c1ccnn1C. The molecule has 0 bridgehead atoms. The predicted molar refractivity (Wildman–Crippen MR) is 60.0 cm³/mol. The smallest absolute Gasteiger partial charge is 0.109 e. The van der Waals surface area contributed by atoms with E-state index in [1.54, 1.807) is 0 Å². The zero-order valence-electron chi connectivity index (χ0n) is 9.17. The molecule has 0 amide bonds. The Balaban J connectivity index is 3.07. The zero-order valence-corrected chi connectivity index (χ0v) is 10.2. The minimum Gasteiger partial charge on any atom is -0.277 e. The van der Waals surface area contributed by atoms with Gasteiger partial charge in [-0.2, -0.15) is 5.10 Å². The molecule has 1 rings (SSSR count). The minimum atomic E-state index is -1.19. The molecule has 0 aliphatic heterocycles. The quantitative estimate of drug-likeness (QED) is 0.675. The number of hydrogen-bond acceptors (Lipinski definition) is 1. The highest BCUT2D eigenvalue weighted by Gasteiger charge is 2.31. The highest BCUT2D eigenvalue weighted by molar-refractivity contribution is 6.91. The van der Waals surface area contributed by atoms with E-state index in [4.69, 9.17) is 0 Å². The lowest BCUT2D eigenvalue weighted by Crippen LogP contribution is -2.49. The van der Waals surface area contributed by atoms with Gasteiger partial charge in [-0.3, -0.25) is 4.68 Å². The van der Waals surface area contributed by atoms with Crippen LogP contribution in [0.3, 0.4) is 0 Å². The molecule has 74 valence electrons. The summed E-state index contributed by atoms with van der Waals surface area (Å²) in [5.74, 6) is 0. The highest BCUT2D eigenvalue weighted by atomic mass is 28.3. The van der Waals surface area contributed by atoms with Crippen LogP contribution in [0.2, 0.25) is 18.1 Å². The molecule has 0 atom stereocenters. The molecule has 3 heteroatoms. The second-order valence-electron chi connectivity index (χ2n) is 3.68. The van der Waals surface area contributed by atoms with Gasteiger partial charge in [0.2, 0.25) is 0 Å². The Kier molecular flexibility index (Phi) is 3.31. The van der Waals surface area contributed by atoms with Crippen molar-refractivity contribution >= 4 is 13.4 Å². The molecule has 0 spiro atoms. The van der Waals surface area contributed by atoms with Crippen LogP contribution in [0.4, 0.5) is 0 Å². The van der Waals surface area contributed by atoms with Gasteiger partial charge < -0.3 is 0 Å². The molecule has 0 aliphatic rings. The topological polar surface area (TPSA) is 17.8 Å². The van der Waals surface area contributed by atoms with E-state index in [1.165, 1.54) is 23.4 Å². The minimum absolute atomic E-state index is 1.19. The van der Waals surface area contributed by atoms with Crippen LogP contribution in [0.25, 0.3) is 0 Å². The maximum Gasteiger partial charge on any atom is 0.109 e. The first-order valence-corrected chi connectivity index (χ1v) is 7.80. The maximum absolute atomic E-state index is 4.28. The highest BCUT2D eigenvalue weighted by Crippen LogP contribution is 2.19. The summed E-state index contributed by atoms with van der Waals surface area (Å²) in [6, 6.07) is 6.21. The second-order valence-corrected chi connectivity index (χ2v) is 8.88. The van der Waals surface area contributed by atoms with E-state index in [1.807, 2.05) is 6.20 Å². The third-order valence-electron chi connectivity index (χ3n) is 3.39. The lowest BCUT2D eigenvalue weighted by Gasteiger charge is -2.27. The Morgan fingerprint density at radius 2 is 1.77 bits per heavy atom. The van der Waals surface area contributed by atoms with Crippen LogP contribution in [0, 0.1) is 0 Å². The van der Waals surface area contributed by atoms with Gasteiger partial charge in [0.1, 0.15) is 8.07 Å². The van der Waals surface area contributed by atoms with Gasteiger partial charge in [0.15, 0.2) is 0 Å². The number of aromatic nitrogens is 2. The Bertz CT molecular complexity index is 255. The Hall–Kier alpha value is -0.573. The third kappa shape index (κ3) is 1.70. The van der Waals surface area contributed by atoms with Crippen LogP contribution in [0.15, 0.2) is 12.3 Å². The Morgan fingerprint density at radius 1 is 1.23 bits per heavy atom. The molecular formula is C10H20N2Si. The fourth-order valence-electron chi connectivity index (χ4n) is 2.19. The molecule has 0 aromatic carbocycles. The Morgan fingerprint density at radius 3 is 2.08 bits per heavy atom. The summed E-state index contributed by atoms with van der Waals surface area (Å²) < 4.78 is 2.07. The maximum atomic E-state index is 4.28. The number of aryl methyl sites for hydroxylation is 1. The van der Waals surface area contributed by atoms with Gasteiger partial charge in [0.25, 0.3) is 0 Å². The average Bonchev–Trinajstić information content (AvgIpc) is 2.57. The first-order valence-electron chi connectivity index (χ1n) is 5.18. The van der Waals surface area contributed by atoms with Crippen molar-refractivity contribution in [3.63, 3.8) is 0 Å². The third-order valence-corrected chi connectivity index (χ3v) is 9.03. The standard InChI is InChI=1S/C10H20N2Si/c1-5-13(6-2,7-3)10-8-9-11-12(10)4/h8-9H,5-7H2,1-4H3. The van der Waals surface area contributed by atoms with Crippen LogP contribution in [-0.2, 0) is 7.05 Å². The van der Waals surface area contributed by atoms with Gasteiger partial charge >= 0.3 is 0 Å². The van der Waals surface area contributed by atoms with Gasteiger partial charge in [-0.1, -0.05) is 38.9 Å². The number of hydrogen-bond donors (Lipinski definition) is 0. The summed E-state index contributed by atoms with van der Waals surface area (Å²) in [6.45, 7) is 6.98. The number of nitrogens with zero attached hydrogens (tertiary/aromatic N) is 2. The molecule has 0 saturated heterocycles.